The van der Waals surface area contributed by atoms with Crippen molar-refractivity contribution in [1.82, 2.24) is 0 Å². The lowest BCUT2D eigenvalue weighted by atomic mass is 10.0. The number of ether oxygens (including phenoxy) is 3. The number of hydrogen-bond donors (Lipinski definition) is 0. The van der Waals surface area contributed by atoms with E-state index in [0.29, 0.717) is 17.9 Å². The molecule has 1 aliphatic heterocycles. The fraction of sp³-hybridized carbons (Fsp3) is 0.190. The predicted molar refractivity (Wildman–Crippen MR) is 97.1 cm³/mol. The summed E-state index contributed by atoms with van der Waals surface area (Å²) in [5.74, 6) is 0.890. The highest BCUT2D eigenvalue weighted by Crippen LogP contribution is 2.43. The molecule has 0 spiro atoms. The van der Waals surface area contributed by atoms with Crippen LogP contribution in [-0.4, -0.2) is 25.3 Å². The number of fused-ring (bicyclic) bond motifs is 2. The normalized spacial score (nSPS) is 16.0. The summed E-state index contributed by atoms with van der Waals surface area (Å²) in [4.78, 5) is 12.1. The average Bonchev–Trinajstić information content (AvgIpc) is 3.45. The summed E-state index contributed by atoms with van der Waals surface area (Å²) in [5.41, 5.74) is 0.361. The molecular formula is C21H18O4. The first-order valence-corrected chi connectivity index (χ1v) is 8.20. The Morgan fingerprint density at radius 1 is 1.04 bits per heavy atom. The second-order valence-corrected chi connectivity index (χ2v) is 6.19. The number of esters is 1. The first-order valence-electron chi connectivity index (χ1n) is 8.20. The van der Waals surface area contributed by atoms with Gasteiger partial charge in [0.15, 0.2) is 0 Å². The van der Waals surface area contributed by atoms with Gasteiger partial charge in [-0.25, -0.2) is 4.79 Å². The molecule has 1 aliphatic rings. The van der Waals surface area contributed by atoms with E-state index in [0.717, 1.165) is 33.9 Å². The first kappa shape index (κ1) is 15.7. The Morgan fingerprint density at radius 3 is 1.96 bits per heavy atom. The van der Waals surface area contributed by atoms with Crippen LogP contribution in [0.3, 0.4) is 0 Å². The van der Waals surface area contributed by atoms with E-state index in [4.69, 9.17) is 14.2 Å². The summed E-state index contributed by atoms with van der Waals surface area (Å²) in [6, 6.07) is 15.5. The summed E-state index contributed by atoms with van der Waals surface area (Å²) in [7, 11) is 0. The highest BCUT2D eigenvalue weighted by atomic mass is 16.6. The van der Waals surface area contributed by atoms with Gasteiger partial charge < -0.3 is 14.2 Å². The minimum atomic E-state index is -0.435. The van der Waals surface area contributed by atoms with Crippen LogP contribution in [0.1, 0.15) is 6.92 Å². The van der Waals surface area contributed by atoms with Crippen LogP contribution in [0, 0.1) is 0 Å². The Labute approximate surface area is 145 Å². The minimum absolute atomic E-state index is 0.165. The summed E-state index contributed by atoms with van der Waals surface area (Å²) < 4.78 is 17.0. The number of hydrogen-bond acceptors (Lipinski definition) is 4. The number of epoxide rings is 1. The quantitative estimate of drug-likeness (QED) is 0.230. The number of benzene rings is 3. The van der Waals surface area contributed by atoms with E-state index >= 15 is 0 Å². The molecule has 1 unspecified atom stereocenters. The smallest absolute Gasteiger partial charge is 0.338 e. The lowest BCUT2D eigenvalue weighted by Crippen LogP contribution is -2.10. The monoisotopic (exact) mass is 334 g/mol. The molecule has 0 saturated carbocycles. The molecule has 0 aliphatic carbocycles. The van der Waals surface area contributed by atoms with E-state index in [-0.39, 0.29) is 6.10 Å². The predicted octanol–water partition coefficient (Wildman–Crippen LogP) is 4.25. The number of carbonyl (C=O) groups is 1. The highest BCUT2D eigenvalue weighted by Gasteiger charge is 2.25. The Kier molecular flexibility index (Phi) is 3.90. The molecule has 0 N–H and O–H groups in total. The van der Waals surface area contributed by atoms with Crippen LogP contribution in [0.4, 0.5) is 0 Å². The van der Waals surface area contributed by atoms with Crippen LogP contribution in [0.25, 0.3) is 21.5 Å². The van der Waals surface area contributed by atoms with Gasteiger partial charge in [-0.3, -0.25) is 0 Å². The molecule has 1 saturated heterocycles. The Hall–Kier alpha value is -2.85. The SMILES string of the molecule is C=C(C)C(=O)Oc1c2ccccc2c(OCC2CO2)c2ccccc12. The third-order valence-electron chi connectivity index (χ3n) is 4.19. The van der Waals surface area contributed by atoms with Gasteiger partial charge in [-0.15, -0.1) is 0 Å². The third kappa shape index (κ3) is 2.96. The van der Waals surface area contributed by atoms with Crippen LogP contribution in [0.2, 0.25) is 0 Å². The van der Waals surface area contributed by atoms with Crippen molar-refractivity contribution in [2.24, 2.45) is 0 Å². The zero-order valence-corrected chi connectivity index (χ0v) is 14.0. The molecule has 0 radical (unpaired) electrons. The molecule has 0 aromatic heterocycles. The van der Waals surface area contributed by atoms with Gasteiger partial charge in [0.25, 0.3) is 0 Å². The molecule has 1 atom stereocenters. The first-order chi connectivity index (χ1) is 12.1. The van der Waals surface area contributed by atoms with Crippen LogP contribution in [0.5, 0.6) is 11.5 Å². The summed E-state index contributed by atoms with van der Waals surface area (Å²) >= 11 is 0. The average molecular weight is 334 g/mol. The Morgan fingerprint density at radius 2 is 1.52 bits per heavy atom. The molecule has 1 heterocycles. The van der Waals surface area contributed by atoms with Crippen molar-refractivity contribution in [2.45, 2.75) is 13.0 Å². The van der Waals surface area contributed by atoms with Crippen molar-refractivity contribution in [2.75, 3.05) is 13.2 Å². The maximum atomic E-state index is 12.1. The molecular weight excluding hydrogens is 316 g/mol. The van der Waals surface area contributed by atoms with E-state index in [1.807, 2.05) is 48.5 Å². The molecule has 3 aromatic rings. The minimum Gasteiger partial charge on any atom is -0.489 e. The zero-order chi connectivity index (χ0) is 17.4. The molecule has 126 valence electrons. The Bertz CT molecular complexity index is 929. The van der Waals surface area contributed by atoms with E-state index in [9.17, 15) is 4.79 Å². The van der Waals surface area contributed by atoms with Gasteiger partial charge in [0.1, 0.15) is 24.2 Å². The second kappa shape index (κ2) is 6.22. The van der Waals surface area contributed by atoms with Crippen molar-refractivity contribution >= 4 is 27.5 Å². The van der Waals surface area contributed by atoms with E-state index in [1.54, 1.807) is 6.92 Å². The van der Waals surface area contributed by atoms with Crippen molar-refractivity contribution in [3.63, 3.8) is 0 Å². The summed E-state index contributed by atoms with van der Waals surface area (Å²) in [6.07, 6.45) is 0.165. The van der Waals surface area contributed by atoms with E-state index in [1.165, 1.54) is 0 Å². The van der Waals surface area contributed by atoms with Gasteiger partial charge in [0.2, 0.25) is 0 Å². The maximum Gasteiger partial charge on any atom is 0.338 e. The van der Waals surface area contributed by atoms with Gasteiger partial charge >= 0.3 is 5.97 Å². The fourth-order valence-corrected chi connectivity index (χ4v) is 2.83. The summed E-state index contributed by atoms with van der Waals surface area (Å²) in [6.45, 7) is 6.56. The second-order valence-electron chi connectivity index (χ2n) is 6.19. The van der Waals surface area contributed by atoms with Gasteiger partial charge in [0.05, 0.1) is 6.61 Å². The standard InChI is InChI=1S/C21H18O4/c1-13(2)21(22)25-20-17-9-5-3-7-15(17)19(24-12-14-11-23-14)16-8-4-6-10-18(16)20/h3-10,14H,1,11-12H2,2H3. The molecule has 4 rings (SSSR count). The van der Waals surface area contributed by atoms with Gasteiger partial charge in [0, 0.05) is 27.1 Å². The molecule has 0 amide bonds. The Balaban J connectivity index is 1.95. The molecule has 4 nitrogen and oxygen atoms in total. The van der Waals surface area contributed by atoms with E-state index < -0.39 is 5.97 Å². The number of rotatable bonds is 5. The maximum absolute atomic E-state index is 12.1. The fourth-order valence-electron chi connectivity index (χ4n) is 2.83. The lowest BCUT2D eigenvalue weighted by Gasteiger charge is -2.16. The topological polar surface area (TPSA) is 48.1 Å². The third-order valence-corrected chi connectivity index (χ3v) is 4.19. The van der Waals surface area contributed by atoms with Crippen molar-refractivity contribution in [3.05, 3.63) is 60.7 Å². The molecule has 4 heteroatoms. The van der Waals surface area contributed by atoms with Crippen molar-refractivity contribution in [1.29, 1.82) is 0 Å². The van der Waals surface area contributed by atoms with Gasteiger partial charge in [-0.05, 0) is 6.92 Å². The van der Waals surface area contributed by atoms with Crippen LogP contribution >= 0.6 is 0 Å². The number of carbonyl (C=O) groups excluding carboxylic acids is 1. The van der Waals surface area contributed by atoms with Crippen LogP contribution in [-0.2, 0) is 9.53 Å². The molecule has 1 fully saturated rings. The molecule has 25 heavy (non-hydrogen) atoms. The van der Waals surface area contributed by atoms with Gasteiger partial charge in [-0.2, -0.15) is 0 Å². The summed E-state index contributed by atoms with van der Waals surface area (Å²) in [5, 5.41) is 3.49. The van der Waals surface area contributed by atoms with Crippen molar-refractivity contribution < 1.29 is 19.0 Å². The van der Waals surface area contributed by atoms with Gasteiger partial charge in [-0.1, -0.05) is 55.1 Å². The lowest BCUT2D eigenvalue weighted by molar-refractivity contribution is -0.129. The van der Waals surface area contributed by atoms with Crippen molar-refractivity contribution in [3.8, 4) is 11.5 Å². The highest BCUT2D eigenvalue weighted by molar-refractivity contribution is 6.12. The van der Waals surface area contributed by atoms with Crippen LogP contribution in [0.15, 0.2) is 60.7 Å². The van der Waals surface area contributed by atoms with E-state index in [2.05, 4.69) is 6.58 Å². The largest absolute Gasteiger partial charge is 0.489 e. The molecule has 0 bridgehead atoms. The molecule has 3 aromatic carbocycles. The zero-order valence-electron chi connectivity index (χ0n) is 14.0. The van der Waals surface area contributed by atoms with Crippen LogP contribution < -0.4 is 9.47 Å².